The van der Waals surface area contributed by atoms with Gasteiger partial charge in [-0.15, -0.1) is 0 Å². The third-order valence-electron chi connectivity index (χ3n) is 8.53. The van der Waals surface area contributed by atoms with Crippen LogP contribution in [-0.4, -0.2) is 4.98 Å². The molecule has 190 valence electrons. The summed E-state index contributed by atoms with van der Waals surface area (Å²) in [5, 5.41) is 9.97. The highest BCUT2D eigenvalue weighted by Gasteiger charge is 2.16. The van der Waals surface area contributed by atoms with E-state index in [-0.39, 0.29) is 0 Å². The first-order valence-electron chi connectivity index (χ1n) is 14.0. The Hall–Kier alpha value is -5.47. The molecule has 0 saturated heterocycles. The first kappa shape index (κ1) is 22.4. The molecule has 0 unspecified atom stereocenters. The molecule has 41 heavy (non-hydrogen) atoms. The highest BCUT2D eigenvalue weighted by atomic mass is 16.3. The normalized spacial score (nSPS) is 11.9. The highest BCUT2D eigenvalue weighted by molar-refractivity contribution is 6.27. The van der Waals surface area contributed by atoms with E-state index in [1.807, 2.05) is 30.6 Å². The number of fused-ring (bicyclic) bond motifs is 3. The van der Waals surface area contributed by atoms with E-state index in [1.165, 1.54) is 49.0 Å². The van der Waals surface area contributed by atoms with E-state index < -0.39 is 0 Å². The summed E-state index contributed by atoms with van der Waals surface area (Å²) in [6.45, 7) is 0. The lowest BCUT2D eigenvalue weighted by atomic mass is 9.87. The van der Waals surface area contributed by atoms with Gasteiger partial charge in [0.05, 0.1) is 0 Å². The Bertz CT molecular complexity index is 2420. The van der Waals surface area contributed by atoms with Crippen molar-refractivity contribution in [3.63, 3.8) is 0 Å². The Labute approximate surface area is 236 Å². The molecule has 2 heterocycles. The van der Waals surface area contributed by atoms with Crippen LogP contribution in [0.15, 0.2) is 144 Å². The predicted octanol–water partition coefficient (Wildman–Crippen LogP) is 10.9. The molecular weight excluding hydrogens is 498 g/mol. The van der Waals surface area contributed by atoms with Gasteiger partial charge >= 0.3 is 0 Å². The topological polar surface area (TPSA) is 26.0 Å². The summed E-state index contributed by atoms with van der Waals surface area (Å²) in [7, 11) is 0. The van der Waals surface area contributed by atoms with Crippen molar-refractivity contribution in [2.45, 2.75) is 0 Å². The molecule has 0 atom stereocenters. The number of aromatic nitrogens is 1. The average molecular weight is 522 g/mol. The molecule has 2 heteroatoms. The van der Waals surface area contributed by atoms with Crippen LogP contribution in [-0.2, 0) is 0 Å². The summed E-state index contributed by atoms with van der Waals surface area (Å²) < 4.78 is 6.37. The van der Waals surface area contributed by atoms with E-state index in [9.17, 15) is 0 Å². The van der Waals surface area contributed by atoms with Gasteiger partial charge in [-0.25, -0.2) is 0 Å². The zero-order chi connectivity index (χ0) is 26.9. The third kappa shape index (κ3) is 3.28. The fraction of sp³-hybridized carbons (Fsp3) is 0. The van der Waals surface area contributed by atoms with Gasteiger partial charge in [0.15, 0.2) is 0 Å². The zero-order valence-corrected chi connectivity index (χ0v) is 22.1. The lowest BCUT2D eigenvalue weighted by molar-refractivity contribution is 0.670. The fourth-order valence-electron chi connectivity index (χ4n) is 6.66. The molecule has 0 fully saturated rings. The van der Waals surface area contributed by atoms with Crippen molar-refractivity contribution in [3.8, 4) is 33.4 Å². The molecule has 9 aromatic rings. The van der Waals surface area contributed by atoms with Crippen LogP contribution in [0.2, 0.25) is 0 Å². The Balaban J connectivity index is 1.27. The lowest BCUT2D eigenvalue weighted by Crippen LogP contribution is -1.90. The number of pyridine rings is 1. The molecular formula is C39H23NO. The molecule has 0 spiro atoms. The van der Waals surface area contributed by atoms with Gasteiger partial charge in [0.2, 0.25) is 0 Å². The van der Waals surface area contributed by atoms with Gasteiger partial charge in [-0.3, -0.25) is 4.98 Å². The summed E-state index contributed by atoms with van der Waals surface area (Å²) >= 11 is 0. The molecule has 0 aliphatic carbocycles. The largest absolute Gasteiger partial charge is 0.455 e. The van der Waals surface area contributed by atoms with Crippen molar-refractivity contribution < 1.29 is 4.42 Å². The first-order valence-corrected chi connectivity index (χ1v) is 14.0. The second kappa shape index (κ2) is 8.51. The molecule has 0 N–H and O–H groups in total. The van der Waals surface area contributed by atoms with Crippen molar-refractivity contribution in [2.75, 3.05) is 0 Å². The van der Waals surface area contributed by atoms with Crippen molar-refractivity contribution in [3.05, 3.63) is 140 Å². The molecule has 0 saturated carbocycles. The number of furan rings is 1. The van der Waals surface area contributed by atoms with Gasteiger partial charge in [0.25, 0.3) is 0 Å². The van der Waals surface area contributed by atoms with Crippen LogP contribution in [0.25, 0.3) is 87.6 Å². The molecule has 9 rings (SSSR count). The van der Waals surface area contributed by atoms with E-state index in [0.29, 0.717) is 0 Å². The van der Waals surface area contributed by atoms with Gasteiger partial charge in [-0.05, 0) is 72.8 Å². The van der Waals surface area contributed by atoms with Gasteiger partial charge in [0.1, 0.15) is 11.2 Å². The third-order valence-corrected chi connectivity index (χ3v) is 8.53. The SMILES string of the molecule is c1cncc(-c2ccc3ccc4c(-c5cccc(-c6cccc7c6oc6ccccc67)c5)ccc5ccc2c3c54)c1. The average Bonchev–Trinajstić information content (AvgIpc) is 3.43. The fourth-order valence-corrected chi connectivity index (χ4v) is 6.66. The maximum absolute atomic E-state index is 6.37. The summed E-state index contributed by atoms with van der Waals surface area (Å²) in [6.07, 6.45) is 3.78. The van der Waals surface area contributed by atoms with Crippen LogP contribution in [0.3, 0.4) is 0 Å². The summed E-state index contributed by atoms with van der Waals surface area (Å²) in [5.74, 6) is 0. The number of para-hydroxylation sites is 2. The second-order valence-electron chi connectivity index (χ2n) is 10.8. The number of hydrogen-bond donors (Lipinski definition) is 0. The highest BCUT2D eigenvalue weighted by Crippen LogP contribution is 2.43. The van der Waals surface area contributed by atoms with Gasteiger partial charge in [0, 0.05) is 34.3 Å². The Morgan fingerprint density at radius 2 is 1.07 bits per heavy atom. The van der Waals surface area contributed by atoms with Gasteiger partial charge in [-0.1, -0.05) is 109 Å². The second-order valence-corrected chi connectivity index (χ2v) is 10.8. The monoisotopic (exact) mass is 521 g/mol. The van der Waals surface area contributed by atoms with Crippen molar-refractivity contribution in [1.82, 2.24) is 4.98 Å². The molecule has 0 amide bonds. The Morgan fingerprint density at radius 3 is 1.83 bits per heavy atom. The standard InChI is InChI=1S/C39H23NO/c1-2-12-36-32(9-1)35-11-4-10-31(39(35)41-36)27-7-3-6-26(22-27)29-17-13-24-16-20-34-30(28-8-5-21-40-23-28)18-14-25-15-19-33(29)37(24)38(25)34/h1-23H. The van der Waals surface area contributed by atoms with Crippen LogP contribution in [0.1, 0.15) is 0 Å². The van der Waals surface area contributed by atoms with E-state index in [2.05, 4.69) is 114 Å². The van der Waals surface area contributed by atoms with E-state index in [1.54, 1.807) is 0 Å². The zero-order valence-electron chi connectivity index (χ0n) is 22.1. The minimum absolute atomic E-state index is 0.920. The van der Waals surface area contributed by atoms with E-state index in [0.717, 1.165) is 38.6 Å². The van der Waals surface area contributed by atoms with Crippen LogP contribution >= 0.6 is 0 Å². The summed E-state index contributed by atoms with van der Waals surface area (Å²) in [6, 6.07) is 45.8. The number of nitrogens with zero attached hydrogens (tertiary/aromatic N) is 1. The maximum Gasteiger partial charge on any atom is 0.143 e. The van der Waals surface area contributed by atoms with Crippen molar-refractivity contribution in [1.29, 1.82) is 0 Å². The Kier molecular flexibility index (Phi) is 4.64. The molecule has 0 bridgehead atoms. The quantitative estimate of drug-likeness (QED) is 0.216. The van der Waals surface area contributed by atoms with Crippen molar-refractivity contribution in [2.24, 2.45) is 0 Å². The molecule has 2 nitrogen and oxygen atoms in total. The Morgan fingerprint density at radius 1 is 0.439 bits per heavy atom. The van der Waals surface area contributed by atoms with Crippen molar-refractivity contribution >= 4 is 54.3 Å². The molecule has 2 aromatic heterocycles. The summed E-state index contributed by atoms with van der Waals surface area (Å²) in [4.78, 5) is 4.38. The van der Waals surface area contributed by atoms with Crippen LogP contribution in [0, 0.1) is 0 Å². The molecule has 7 aromatic carbocycles. The predicted molar refractivity (Wildman–Crippen MR) is 172 cm³/mol. The van der Waals surface area contributed by atoms with E-state index >= 15 is 0 Å². The molecule has 0 radical (unpaired) electrons. The van der Waals surface area contributed by atoms with Crippen LogP contribution < -0.4 is 0 Å². The maximum atomic E-state index is 6.37. The van der Waals surface area contributed by atoms with E-state index in [4.69, 9.17) is 4.42 Å². The lowest BCUT2D eigenvalue weighted by Gasteiger charge is -2.16. The number of hydrogen-bond acceptors (Lipinski definition) is 2. The van der Waals surface area contributed by atoms with Crippen LogP contribution in [0.4, 0.5) is 0 Å². The molecule has 0 aliphatic heterocycles. The van der Waals surface area contributed by atoms with Gasteiger partial charge < -0.3 is 4.42 Å². The summed E-state index contributed by atoms with van der Waals surface area (Å²) in [5.41, 5.74) is 8.89. The minimum atomic E-state index is 0.920. The molecule has 0 aliphatic rings. The van der Waals surface area contributed by atoms with Gasteiger partial charge in [-0.2, -0.15) is 0 Å². The first-order chi connectivity index (χ1) is 20.3. The van der Waals surface area contributed by atoms with Crippen LogP contribution in [0.5, 0.6) is 0 Å². The smallest absolute Gasteiger partial charge is 0.143 e. The number of rotatable bonds is 3. The minimum Gasteiger partial charge on any atom is -0.455 e. The number of benzene rings is 7.